The van der Waals surface area contributed by atoms with Crippen LogP contribution in [0, 0.1) is 11.8 Å². The van der Waals surface area contributed by atoms with Crippen molar-refractivity contribution >= 4 is 29.1 Å². The maximum atomic E-state index is 14.6. The number of aliphatic hydroxyl groups is 1. The van der Waals surface area contributed by atoms with Crippen LogP contribution in [0.2, 0.25) is 0 Å². The molecule has 1 aromatic carbocycles. The highest BCUT2D eigenvalue weighted by atomic mass is 16.5. The van der Waals surface area contributed by atoms with E-state index in [1.807, 2.05) is 67.3 Å². The highest BCUT2D eigenvalue weighted by Crippen LogP contribution is 2.57. The van der Waals surface area contributed by atoms with Crippen molar-refractivity contribution < 1.29 is 24.2 Å². The first-order valence-corrected chi connectivity index (χ1v) is 15.7. The van der Waals surface area contributed by atoms with Crippen molar-refractivity contribution in [3.8, 4) is 0 Å². The first-order valence-electron chi connectivity index (χ1n) is 15.7. The second-order valence-corrected chi connectivity index (χ2v) is 12.0. The number of nitrogens with zero attached hydrogens (tertiary/aromatic N) is 4. The van der Waals surface area contributed by atoms with Crippen LogP contribution < -0.4 is 9.80 Å². The van der Waals surface area contributed by atoms with Gasteiger partial charge in [-0.25, -0.2) is 0 Å². The van der Waals surface area contributed by atoms with E-state index in [9.17, 15) is 19.5 Å². The summed E-state index contributed by atoms with van der Waals surface area (Å²) in [5.41, 5.74) is -0.409. The van der Waals surface area contributed by atoms with Crippen LogP contribution in [0.5, 0.6) is 0 Å². The Morgan fingerprint density at radius 2 is 1.60 bits per heavy atom. The molecular weight excluding hydrogens is 532 g/mol. The molecule has 1 N–H and O–H groups in total. The second-order valence-electron chi connectivity index (χ2n) is 12.0. The van der Waals surface area contributed by atoms with Gasteiger partial charge in [0, 0.05) is 57.3 Å². The molecule has 1 spiro atoms. The van der Waals surface area contributed by atoms with Crippen LogP contribution in [0.25, 0.3) is 0 Å². The average Bonchev–Trinajstić information content (AvgIpc) is 3.25. The minimum absolute atomic E-state index is 0.0838. The molecule has 5 atom stereocenters. The molecule has 2 fully saturated rings. The van der Waals surface area contributed by atoms with Gasteiger partial charge in [-0.1, -0.05) is 31.2 Å². The molecule has 0 bridgehead atoms. The van der Waals surface area contributed by atoms with Crippen molar-refractivity contribution in [3.05, 3.63) is 48.6 Å². The van der Waals surface area contributed by atoms with Gasteiger partial charge in [-0.2, -0.15) is 0 Å². The van der Waals surface area contributed by atoms with Gasteiger partial charge in [-0.05, 0) is 70.7 Å². The SMILES string of the molecule is CCCN1CC=C[C@@]2(C)O[C@]34C=CCN(c5ccc(N(CC)CC)cc5)C(=O)C3N(CCCCCO)C(=O)[C@@H]4[C@H]2C1=O. The van der Waals surface area contributed by atoms with Crippen LogP contribution >= 0.6 is 0 Å². The molecule has 0 saturated carbocycles. The second kappa shape index (κ2) is 12.2. The Hall–Kier alpha value is -3.17. The van der Waals surface area contributed by atoms with Crippen molar-refractivity contribution in [2.45, 2.75) is 70.6 Å². The number of ether oxygens (including phenoxy) is 1. The lowest BCUT2D eigenvalue weighted by Gasteiger charge is -2.37. The van der Waals surface area contributed by atoms with Crippen molar-refractivity contribution in [2.75, 3.05) is 55.7 Å². The predicted molar refractivity (Wildman–Crippen MR) is 163 cm³/mol. The van der Waals surface area contributed by atoms with E-state index in [4.69, 9.17) is 4.74 Å². The first kappa shape index (κ1) is 30.3. The smallest absolute Gasteiger partial charge is 0.253 e. The molecule has 1 unspecified atom stereocenters. The third kappa shape index (κ3) is 4.94. The van der Waals surface area contributed by atoms with E-state index in [1.165, 1.54) is 0 Å². The number of amides is 3. The third-order valence-corrected chi connectivity index (χ3v) is 9.48. The van der Waals surface area contributed by atoms with E-state index in [1.54, 1.807) is 9.80 Å². The van der Waals surface area contributed by atoms with Crippen LogP contribution in [0.3, 0.4) is 0 Å². The standard InChI is InChI=1S/C33H46N4O5/c1-5-19-35-20-11-17-32(4)26(29(35)39)27-30(40)37(21-9-8-10-23-38)28-31(41)36(22-12-18-33(27,28)42-32)25-15-13-24(14-16-25)34(6-2)7-3/h11-18,26-28,38H,5-10,19-23H2,1-4H3/t26-,27-,28?,32+,33-/m0/s1. The normalized spacial score (nSPS) is 30.4. The number of benzene rings is 1. The number of likely N-dealkylation sites (tertiary alicyclic amines) is 1. The van der Waals surface area contributed by atoms with Gasteiger partial charge in [0.15, 0.2) is 0 Å². The first-order chi connectivity index (χ1) is 20.3. The molecule has 9 nitrogen and oxygen atoms in total. The molecular formula is C33H46N4O5. The topological polar surface area (TPSA) is 93.6 Å². The minimum Gasteiger partial charge on any atom is -0.396 e. The van der Waals surface area contributed by atoms with Crippen LogP contribution in [-0.2, 0) is 19.1 Å². The number of carbonyl (C=O) groups is 3. The van der Waals surface area contributed by atoms with E-state index < -0.39 is 29.1 Å². The van der Waals surface area contributed by atoms with Crippen LogP contribution in [0.15, 0.2) is 48.6 Å². The molecule has 4 aliphatic heterocycles. The van der Waals surface area contributed by atoms with Gasteiger partial charge in [-0.3, -0.25) is 14.4 Å². The fraction of sp³-hybridized carbons (Fsp3) is 0.606. The van der Waals surface area contributed by atoms with Crippen molar-refractivity contribution in [1.82, 2.24) is 9.80 Å². The number of fused-ring (bicyclic) bond motifs is 2. The maximum absolute atomic E-state index is 14.6. The Labute approximate surface area is 249 Å². The molecule has 3 amide bonds. The van der Waals surface area contributed by atoms with Gasteiger partial charge in [-0.15, -0.1) is 0 Å². The van der Waals surface area contributed by atoms with Crippen LogP contribution in [0.1, 0.15) is 53.4 Å². The van der Waals surface area contributed by atoms with Crippen LogP contribution in [-0.4, -0.2) is 95.7 Å². The number of anilines is 2. The Kier molecular flexibility index (Phi) is 8.81. The largest absolute Gasteiger partial charge is 0.396 e. The van der Waals surface area contributed by atoms with Gasteiger partial charge in [0.1, 0.15) is 11.6 Å². The molecule has 2 saturated heterocycles. The number of hydrogen-bond donors (Lipinski definition) is 1. The van der Waals surface area contributed by atoms with Gasteiger partial charge in [0.2, 0.25) is 11.8 Å². The monoisotopic (exact) mass is 578 g/mol. The highest BCUT2D eigenvalue weighted by Gasteiger charge is 2.74. The lowest BCUT2D eigenvalue weighted by atomic mass is 9.74. The van der Waals surface area contributed by atoms with E-state index in [-0.39, 0.29) is 24.3 Å². The summed E-state index contributed by atoms with van der Waals surface area (Å²) in [5, 5.41) is 9.31. The van der Waals surface area contributed by atoms with E-state index in [0.717, 1.165) is 37.3 Å². The van der Waals surface area contributed by atoms with E-state index in [0.29, 0.717) is 39.0 Å². The Bertz CT molecular complexity index is 1230. The van der Waals surface area contributed by atoms with Crippen molar-refractivity contribution in [2.24, 2.45) is 11.8 Å². The van der Waals surface area contributed by atoms with Crippen molar-refractivity contribution in [3.63, 3.8) is 0 Å². The molecule has 0 aromatic heterocycles. The van der Waals surface area contributed by atoms with Crippen molar-refractivity contribution in [1.29, 1.82) is 0 Å². The molecule has 0 aliphatic carbocycles. The fourth-order valence-corrected chi connectivity index (χ4v) is 7.52. The zero-order valence-corrected chi connectivity index (χ0v) is 25.5. The molecule has 4 heterocycles. The lowest BCUT2D eigenvalue weighted by Crippen LogP contribution is -2.56. The molecule has 1 aromatic rings. The summed E-state index contributed by atoms with van der Waals surface area (Å²) >= 11 is 0. The Morgan fingerprint density at radius 1 is 0.881 bits per heavy atom. The Morgan fingerprint density at radius 3 is 2.26 bits per heavy atom. The predicted octanol–water partition coefficient (Wildman–Crippen LogP) is 3.38. The quantitative estimate of drug-likeness (QED) is 0.320. The third-order valence-electron chi connectivity index (χ3n) is 9.48. The summed E-state index contributed by atoms with van der Waals surface area (Å²) in [6.07, 6.45) is 10.6. The maximum Gasteiger partial charge on any atom is 0.253 e. The number of carbonyl (C=O) groups excluding carboxylic acids is 3. The molecule has 5 rings (SSSR count). The Balaban J connectivity index is 1.55. The number of rotatable bonds is 11. The minimum atomic E-state index is -1.25. The van der Waals surface area contributed by atoms with Gasteiger partial charge >= 0.3 is 0 Å². The summed E-state index contributed by atoms with van der Waals surface area (Å²) in [4.78, 5) is 50.6. The molecule has 9 heteroatoms. The number of unbranched alkanes of at least 4 members (excludes halogenated alkanes) is 2. The zero-order valence-electron chi connectivity index (χ0n) is 25.5. The molecule has 4 aliphatic rings. The summed E-state index contributed by atoms with van der Waals surface area (Å²) in [7, 11) is 0. The number of aliphatic hydroxyl groups excluding tert-OH is 1. The summed E-state index contributed by atoms with van der Waals surface area (Å²) in [6.45, 7) is 11.8. The summed E-state index contributed by atoms with van der Waals surface area (Å²) < 4.78 is 6.91. The summed E-state index contributed by atoms with van der Waals surface area (Å²) in [6, 6.07) is 7.10. The van der Waals surface area contributed by atoms with Crippen LogP contribution in [0.4, 0.5) is 11.4 Å². The highest BCUT2D eigenvalue weighted by molar-refractivity contribution is 6.06. The van der Waals surface area contributed by atoms with E-state index >= 15 is 0 Å². The summed E-state index contributed by atoms with van der Waals surface area (Å²) in [5.74, 6) is -2.01. The zero-order chi connectivity index (χ0) is 30.1. The molecule has 42 heavy (non-hydrogen) atoms. The number of hydrogen-bond acceptors (Lipinski definition) is 6. The van der Waals surface area contributed by atoms with E-state index in [2.05, 4.69) is 18.7 Å². The molecule has 0 radical (unpaired) electrons. The average molecular weight is 579 g/mol. The van der Waals surface area contributed by atoms with Gasteiger partial charge in [0.25, 0.3) is 5.91 Å². The lowest BCUT2D eigenvalue weighted by molar-refractivity contribution is -0.148. The fourth-order valence-electron chi connectivity index (χ4n) is 7.52. The van der Waals surface area contributed by atoms with Gasteiger partial charge in [0.05, 0.1) is 17.4 Å². The molecule has 228 valence electrons. The van der Waals surface area contributed by atoms with Gasteiger partial charge < -0.3 is 29.4 Å².